The highest BCUT2D eigenvalue weighted by molar-refractivity contribution is 9.09. The van der Waals surface area contributed by atoms with E-state index in [1.807, 2.05) is 20.8 Å². The SMILES string of the molecule is COCC(CCBr)NC(=O)C(C)(C)C. The van der Waals surface area contributed by atoms with E-state index in [4.69, 9.17) is 4.74 Å². The number of nitrogens with one attached hydrogen (secondary N) is 1. The van der Waals surface area contributed by atoms with Crippen LogP contribution in [0.2, 0.25) is 0 Å². The van der Waals surface area contributed by atoms with Crippen LogP contribution >= 0.6 is 15.9 Å². The van der Waals surface area contributed by atoms with Crippen LogP contribution in [-0.2, 0) is 9.53 Å². The Hall–Kier alpha value is -0.0900. The quantitative estimate of drug-likeness (QED) is 0.772. The van der Waals surface area contributed by atoms with Crippen molar-refractivity contribution in [3.63, 3.8) is 0 Å². The van der Waals surface area contributed by atoms with Crippen molar-refractivity contribution in [1.82, 2.24) is 5.32 Å². The lowest BCUT2D eigenvalue weighted by Gasteiger charge is -2.23. The molecule has 14 heavy (non-hydrogen) atoms. The Morgan fingerprint density at radius 3 is 2.43 bits per heavy atom. The maximum absolute atomic E-state index is 11.6. The summed E-state index contributed by atoms with van der Waals surface area (Å²) in [6, 6.07) is 0.103. The molecule has 0 rings (SSSR count). The molecule has 0 saturated carbocycles. The van der Waals surface area contributed by atoms with Crippen molar-refractivity contribution in [1.29, 1.82) is 0 Å². The molecule has 1 N–H and O–H groups in total. The van der Waals surface area contributed by atoms with Crippen LogP contribution < -0.4 is 5.32 Å². The number of carbonyl (C=O) groups excluding carboxylic acids is 1. The highest BCUT2D eigenvalue weighted by Gasteiger charge is 2.23. The third kappa shape index (κ3) is 5.60. The molecule has 84 valence electrons. The van der Waals surface area contributed by atoms with Crippen LogP contribution in [0.25, 0.3) is 0 Å². The van der Waals surface area contributed by atoms with Gasteiger partial charge in [-0.15, -0.1) is 0 Å². The molecule has 0 saturated heterocycles. The van der Waals surface area contributed by atoms with Crippen molar-refractivity contribution in [2.45, 2.75) is 33.2 Å². The Kier molecular flexibility index (Phi) is 6.36. The van der Waals surface area contributed by atoms with E-state index in [2.05, 4.69) is 21.2 Å². The summed E-state index contributed by atoms with van der Waals surface area (Å²) in [5.41, 5.74) is -0.335. The zero-order chi connectivity index (χ0) is 11.2. The minimum Gasteiger partial charge on any atom is -0.383 e. The van der Waals surface area contributed by atoms with E-state index >= 15 is 0 Å². The van der Waals surface area contributed by atoms with E-state index in [9.17, 15) is 4.79 Å². The first kappa shape index (κ1) is 13.9. The van der Waals surface area contributed by atoms with Gasteiger partial charge in [0.25, 0.3) is 0 Å². The predicted molar refractivity (Wildman–Crippen MR) is 61.7 cm³/mol. The molecular formula is C10H20BrNO2. The third-order valence-corrected chi connectivity index (χ3v) is 2.30. The van der Waals surface area contributed by atoms with Crippen molar-refractivity contribution < 1.29 is 9.53 Å². The molecule has 0 spiro atoms. The largest absolute Gasteiger partial charge is 0.383 e. The Bertz CT molecular complexity index is 171. The highest BCUT2D eigenvalue weighted by Crippen LogP contribution is 2.13. The second kappa shape index (κ2) is 6.40. The molecular weight excluding hydrogens is 246 g/mol. The number of amides is 1. The molecule has 0 bridgehead atoms. The van der Waals surface area contributed by atoms with Gasteiger partial charge in [0.1, 0.15) is 0 Å². The van der Waals surface area contributed by atoms with Gasteiger partial charge in [0.05, 0.1) is 12.6 Å². The summed E-state index contributed by atoms with van der Waals surface area (Å²) in [6.45, 7) is 6.27. The number of hydrogen-bond donors (Lipinski definition) is 1. The van der Waals surface area contributed by atoms with Crippen molar-refractivity contribution in [2.75, 3.05) is 19.0 Å². The summed E-state index contributed by atoms with van der Waals surface area (Å²) in [5.74, 6) is 0.0699. The third-order valence-electron chi connectivity index (χ3n) is 1.84. The number of ether oxygens (including phenoxy) is 1. The van der Waals surface area contributed by atoms with Crippen molar-refractivity contribution in [3.8, 4) is 0 Å². The minimum absolute atomic E-state index is 0.0699. The highest BCUT2D eigenvalue weighted by atomic mass is 79.9. The van der Waals surface area contributed by atoms with Crippen LogP contribution in [0.4, 0.5) is 0 Å². The van der Waals surface area contributed by atoms with E-state index in [0.717, 1.165) is 11.8 Å². The maximum Gasteiger partial charge on any atom is 0.225 e. The normalized spacial score (nSPS) is 13.8. The van der Waals surface area contributed by atoms with Gasteiger partial charge >= 0.3 is 0 Å². The molecule has 1 unspecified atom stereocenters. The molecule has 0 fully saturated rings. The summed E-state index contributed by atoms with van der Waals surface area (Å²) in [6.07, 6.45) is 0.885. The Balaban J connectivity index is 4.08. The first-order valence-corrected chi connectivity index (χ1v) is 5.89. The predicted octanol–water partition coefficient (Wildman–Crippen LogP) is 1.95. The summed E-state index contributed by atoms with van der Waals surface area (Å²) in [4.78, 5) is 11.6. The molecule has 4 heteroatoms. The lowest BCUT2D eigenvalue weighted by molar-refractivity contribution is -0.129. The van der Waals surface area contributed by atoms with Crippen molar-refractivity contribution in [2.24, 2.45) is 5.41 Å². The van der Waals surface area contributed by atoms with Crippen LogP contribution in [0.1, 0.15) is 27.2 Å². The number of alkyl halides is 1. The van der Waals surface area contributed by atoms with Crippen molar-refractivity contribution in [3.05, 3.63) is 0 Å². The van der Waals surface area contributed by atoms with Gasteiger partial charge in [0.15, 0.2) is 0 Å². The zero-order valence-electron chi connectivity index (χ0n) is 9.39. The van der Waals surface area contributed by atoms with Crippen LogP contribution in [0.5, 0.6) is 0 Å². The van der Waals surface area contributed by atoms with Gasteiger partial charge in [0.2, 0.25) is 5.91 Å². The van der Waals surface area contributed by atoms with Gasteiger partial charge in [0, 0.05) is 17.9 Å². The molecule has 0 heterocycles. The number of methoxy groups -OCH3 is 1. The van der Waals surface area contributed by atoms with Gasteiger partial charge in [-0.2, -0.15) is 0 Å². The smallest absolute Gasteiger partial charge is 0.225 e. The van der Waals surface area contributed by atoms with E-state index in [0.29, 0.717) is 6.61 Å². The molecule has 0 aliphatic carbocycles. The Morgan fingerprint density at radius 1 is 1.50 bits per heavy atom. The van der Waals surface area contributed by atoms with Gasteiger partial charge in [-0.1, -0.05) is 36.7 Å². The molecule has 0 radical (unpaired) electrons. The molecule has 0 aliphatic heterocycles. The number of carbonyl (C=O) groups is 1. The zero-order valence-corrected chi connectivity index (χ0v) is 11.0. The first-order chi connectivity index (χ1) is 6.41. The minimum atomic E-state index is -0.335. The van der Waals surface area contributed by atoms with Crippen LogP contribution in [0.3, 0.4) is 0 Å². The monoisotopic (exact) mass is 265 g/mol. The standard InChI is InChI=1S/C10H20BrNO2/c1-10(2,3)9(13)12-8(5-6-11)7-14-4/h8H,5-7H2,1-4H3,(H,12,13). The van der Waals surface area contributed by atoms with Crippen LogP contribution in [-0.4, -0.2) is 31.0 Å². The Morgan fingerprint density at radius 2 is 2.07 bits per heavy atom. The molecule has 3 nitrogen and oxygen atoms in total. The fraction of sp³-hybridized carbons (Fsp3) is 0.900. The van der Waals surface area contributed by atoms with E-state index in [-0.39, 0.29) is 17.4 Å². The summed E-state index contributed by atoms with van der Waals surface area (Å²) < 4.78 is 5.03. The average molecular weight is 266 g/mol. The van der Waals surface area contributed by atoms with Crippen LogP contribution in [0, 0.1) is 5.41 Å². The maximum atomic E-state index is 11.6. The summed E-state index contributed by atoms with van der Waals surface area (Å²) in [7, 11) is 1.64. The number of halogens is 1. The van der Waals surface area contributed by atoms with Gasteiger partial charge in [-0.05, 0) is 6.42 Å². The lowest BCUT2D eigenvalue weighted by Crippen LogP contribution is -2.44. The number of rotatable bonds is 5. The first-order valence-electron chi connectivity index (χ1n) is 4.77. The second-order valence-corrected chi connectivity index (χ2v) is 5.15. The van der Waals surface area contributed by atoms with Gasteiger partial charge in [-0.3, -0.25) is 4.79 Å². The fourth-order valence-electron chi connectivity index (χ4n) is 0.932. The van der Waals surface area contributed by atoms with Gasteiger partial charge in [-0.25, -0.2) is 0 Å². The molecule has 0 aliphatic rings. The van der Waals surface area contributed by atoms with Gasteiger partial charge < -0.3 is 10.1 Å². The van der Waals surface area contributed by atoms with E-state index < -0.39 is 0 Å². The molecule has 0 aromatic heterocycles. The topological polar surface area (TPSA) is 38.3 Å². The second-order valence-electron chi connectivity index (χ2n) is 4.35. The number of hydrogen-bond acceptors (Lipinski definition) is 2. The molecule has 0 aromatic carbocycles. The molecule has 1 atom stereocenters. The average Bonchev–Trinajstić information content (AvgIpc) is 2.03. The van der Waals surface area contributed by atoms with E-state index in [1.54, 1.807) is 7.11 Å². The molecule has 1 amide bonds. The van der Waals surface area contributed by atoms with Crippen molar-refractivity contribution >= 4 is 21.8 Å². The Labute approximate surface area is 94.7 Å². The fourth-order valence-corrected chi connectivity index (χ4v) is 1.48. The summed E-state index contributed by atoms with van der Waals surface area (Å²) >= 11 is 3.35. The molecule has 0 aromatic rings. The van der Waals surface area contributed by atoms with E-state index in [1.165, 1.54) is 0 Å². The lowest BCUT2D eigenvalue weighted by atomic mass is 9.95. The van der Waals surface area contributed by atoms with Crippen LogP contribution in [0.15, 0.2) is 0 Å². The summed E-state index contributed by atoms with van der Waals surface area (Å²) in [5, 5.41) is 3.83.